The fraction of sp³-hybridized carbons (Fsp3) is 0.429. The molecule has 6 nitrogen and oxygen atoms in total. The number of anilines is 2. The number of carbonyl (C=O) groups is 2. The van der Waals surface area contributed by atoms with Crippen LogP contribution >= 0.6 is 23.2 Å². The number of carbonyl (C=O) groups excluding carboxylic acids is 2. The molecule has 0 saturated heterocycles. The van der Waals surface area contributed by atoms with Crippen LogP contribution in [0.15, 0.2) is 12.1 Å². The third kappa shape index (κ3) is 6.19. The monoisotopic (exact) mass is 348 g/mol. The molecule has 0 heterocycles. The van der Waals surface area contributed by atoms with Gasteiger partial charge in [-0.1, -0.05) is 23.2 Å². The van der Waals surface area contributed by atoms with Crippen LogP contribution in [-0.2, 0) is 19.1 Å². The highest BCUT2D eigenvalue weighted by atomic mass is 35.5. The van der Waals surface area contributed by atoms with E-state index in [1.165, 1.54) is 12.1 Å². The van der Waals surface area contributed by atoms with Crippen molar-refractivity contribution in [2.24, 2.45) is 0 Å². The van der Waals surface area contributed by atoms with Gasteiger partial charge in [0.25, 0.3) is 0 Å². The molecular weight excluding hydrogens is 331 g/mol. The molecule has 0 aliphatic carbocycles. The second kappa shape index (κ2) is 9.63. The Morgan fingerprint density at radius 2 is 1.41 bits per heavy atom. The Balaban J connectivity index is 2.75. The topological polar surface area (TPSA) is 76.7 Å². The number of amides is 2. The lowest BCUT2D eigenvalue weighted by Gasteiger charge is -2.12. The normalized spacial score (nSPS) is 10.4. The number of nitrogens with one attached hydrogen (secondary N) is 2. The molecule has 0 radical (unpaired) electrons. The molecule has 0 aliphatic rings. The van der Waals surface area contributed by atoms with E-state index in [0.29, 0.717) is 18.9 Å². The number of hydrogen-bond donors (Lipinski definition) is 2. The lowest BCUT2D eigenvalue weighted by molar-refractivity contribution is -0.121. The van der Waals surface area contributed by atoms with E-state index in [9.17, 15) is 9.59 Å². The lowest BCUT2D eigenvalue weighted by Crippen LogP contribution is -2.20. The standard InChI is InChI=1S/C14H18Cl2N2O4/c1-3-21-7-12(19)17-9-5-10(15)14(11(16)6-9)18-13(20)8-22-4-2/h5-6H,3-4,7-8H2,1-2H3,(H,17,19)(H,18,20). The summed E-state index contributed by atoms with van der Waals surface area (Å²) in [6, 6.07) is 2.99. The molecule has 1 aromatic carbocycles. The summed E-state index contributed by atoms with van der Waals surface area (Å²) in [5.74, 6) is -0.680. The fourth-order valence-corrected chi connectivity index (χ4v) is 2.11. The summed E-state index contributed by atoms with van der Waals surface area (Å²) < 4.78 is 9.98. The first-order valence-electron chi connectivity index (χ1n) is 6.72. The smallest absolute Gasteiger partial charge is 0.250 e. The van der Waals surface area contributed by atoms with Crippen molar-refractivity contribution in [3.05, 3.63) is 22.2 Å². The molecule has 0 fully saturated rings. The highest BCUT2D eigenvalue weighted by Crippen LogP contribution is 2.33. The summed E-state index contributed by atoms with van der Waals surface area (Å²) in [6.07, 6.45) is 0. The fourth-order valence-electron chi connectivity index (χ4n) is 1.53. The minimum atomic E-state index is -0.362. The predicted octanol–water partition coefficient (Wildman–Crippen LogP) is 2.94. The first kappa shape index (κ1) is 18.7. The van der Waals surface area contributed by atoms with Crippen LogP contribution in [0.2, 0.25) is 10.0 Å². The average Bonchev–Trinajstić information content (AvgIpc) is 2.46. The molecule has 2 N–H and O–H groups in total. The second-order valence-electron chi connectivity index (χ2n) is 4.19. The number of halogens is 2. The quantitative estimate of drug-likeness (QED) is 0.757. The zero-order chi connectivity index (χ0) is 16.5. The Morgan fingerprint density at radius 1 is 0.955 bits per heavy atom. The van der Waals surface area contributed by atoms with Gasteiger partial charge in [0.2, 0.25) is 11.8 Å². The molecule has 0 bridgehead atoms. The van der Waals surface area contributed by atoms with Crippen LogP contribution in [0.5, 0.6) is 0 Å². The van der Waals surface area contributed by atoms with Gasteiger partial charge in [-0.2, -0.15) is 0 Å². The summed E-state index contributed by atoms with van der Waals surface area (Å²) in [4.78, 5) is 23.2. The summed E-state index contributed by atoms with van der Waals surface area (Å²) >= 11 is 12.2. The maximum Gasteiger partial charge on any atom is 0.250 e. The Morgan fingerprint density at radius 3 is 1.86 bits per heavy atom. The highest BCUT2D eigenvalue weighted by molar-refractivity contribution is 6.40. The van der Waals surface area contributed by atoms with Crippen LogP contribution in [-0.4, -0.2) is 38.2 Å². The van der Waals surface area contributed by atoms with Crippen molar-refractivity contribution < 1.29 is 19.1 Å². The van der Waals surface area contributed by atoms with Gasteiger partial charge in [-0.05, 0) is 26.0 Å². The van der Waals surface area contributed by atoms with Gasteiger partial charge in [0.15, 0.2) is 0 Å². The van der Waals surface area contributed by atoms with Crippen molar-refractivity contribution in [2.45, 2.75) is 13.8 Å². The molecule has 1 aromatic rings. The maximum atomic E-state index is 11.6. The molecule has 2 amide bonds. The molecule has 0 unspecified atom stereocenters. The Labute approximate surface area is 139 Å². The average molecular weight is 349 g/mol. The van der Waals surface area contributed by atoms with E-state index in [0.717, 1.165) is 0 Å². The zero-order valence-electron chi connectivity index (χ0n) is 12.4. The minimum Gasteiger partial charge on any atom is -0.372 e. The van der Waals surface area contributed by atoms with Crippen LogP contribution < -0.4 is 10.6 Å². The third-order valence-corrected chi connectivity index (χ3v) is 3.06. The first-order valence-corrected chi connectivity index (χ1v) is 7.47. The highest BCUT2D eigenvalue weighted by Gasteiger charge is 2.13. The van der Waals surface area contributed by atoms with Crippen molar-refractivity contribution in [1.82, 2.24) is 0 Å². The van der Waals surface area contributed by atoms with Gasteiger partial charge < -0.3 is 20.1 Å². The van der Waals surface area contributed by atoms with Gasteiger partial charge in [-0.25, -0.2) is 0 Å². The van der Waals surface area contributed by atoms with Crippen LogP contribution in [0.3, 0.4) is 0 Å². The molecule has 8 heteroatoms. The largest absolute Gasteiger partial charge is 0.372 e. The lowest BCUT2D eigenvalue weighted by atomic mass is 10.2. The summed E-state index contributed by atoms with van der Waals surface area (Å²) in [5.41, 5.74) is 0.693. The van der Waals surface area contributed by atoms with Crippen LogP contribution in [0.25, 0.3) is 0 Å². The van der Waals surface area contributed by atoms with Crippen LogP contribution in [0.1, 0.15) is 13.8 Å². The van der Waals surface area contributed by atoms with Crippen molar-refractivity contribution in [1.29, 1.82) is 0 Å². The molecule has 122 valence electrons. The van der Waals surface area contributed by atoms with E-state index in [-0.39, 0.29) is 40.8 Å². The summed E-state index contributed by atoms with van der Waals surface area (Å²) in [6.45, 7) is 4.31. The molecule has 1 rings (SSSR count). The van der Waals surface area contributed by atoms with Gasteiger partial charge in [-0.15, -0.1) is 0 Å². The third-order valence-electron chi connectivity index (χ3n) is 2.46. The number of hydrogen-bond acceptors (Lipinski definition) is 4. The molecule has 0 atom stereocenters. The molecule has 22 heavy (non-hydrogen) atoms. The Hall–Kier alpha value is -1.34. The van der Waals surface area contributed by atoms with Crippen molar-refractivity contribution in [3.63, 3.8) is 0 Å². The Kier molecular flexibility index (Phi) is 8.19. The number of benzene rings is 1. The first-order chi connectivity index (χ1) is 10.5. The van der Waals surface area contributed by atoms with Crippen molar-refractivity contribution >= 4 is 46.4 Å². The molecular formula is C14H18Cl2N2O4. The molecule has 0 spiro atoms. The zero-order valence-corrected chi connectivity index (χ0v) is 13.9. The number of rotatable bonds is 8. The Bertz CT molecular complexity index is 515. The molecule has 0 aliphatic heterocycles. The van der Waals surface area contributed by atoms with E-state index in [1.54, 1.807) is 13.8 Å². The molecule has 0 saturated carbocycles. The van der Waals surface area contributed by atoms with E-state index in [1.807, 2.05) is 0 Å². The summed E-state index contributed by atoms with van der Waals surface area (Å²) in [7, 11) is 0. The van der Waals surface area contributed by atoms with Crippen LogP contribution in [0.4, 0.5) is 11.4 Å². The van der Waals surface area contributed by atoms with Gasteiger partial charge in [0, 0.05) is 18.9 Å². The minimum absolute atomic E-state index is 0.0570. The van der Waals surface area contributed by atoms with Crippen molar-refractivity contribution in [2.75, 3.05) is 37.1 Å². The molecule has 0 aromatic heterocycles. The van der Waals surface area contributed by atoms with E-state index < -0.39 is 0 Å². The number of ether oxygens (including phenoxy) is 2. The maximum absolute atomic E-state index is 11.6. The second-order valence-corrected chi connectivity index (χ2v) is 5.00. The van der Waals surface area contributed by atoms with Gasteiger partial charge in [0.1, 0.15) is 13.2 Å². The SMILES string of the molecule is CCOCC(=O)Nc1cc(Cl)c(NC(=O)COCC)c(Cl)c1. The van der Waals surface area contributed by atoms with Gasteiger partial charge in [-0.3, -0.25) is 9.59 Å². The van der Waals surface area contributed by atoms with Crippen molar-refractivity contribution in [3.8, 4) is 0 Å². The van der Waals surface area contributed by atoms with Gasteiger partial charge in [0.05, 0.1) is 15.7 Å². The summed E-state index contributed by atoms with van der Waals surface area (Å²) in [5, 5.41) is 5.59. The van der Waals surface area contributed by atoms with E-state index in [4.69, 9.17) is 32.7 Å². The predicted molar refractivity (Wildman–Crippen MR) is 86.7 cm³/mol. The van der Waals surface area contributed by atoms with E-state index in [2.05, 4.69) is 10.6 Å². The van der Waals surface area contributed by atoms with E-state index >= 15 is 0 Å². The van der Waals surface area contributed by atoms with Gasteiger partial charge >= 0.3 is 0 Å². The van der Waals surface area contributed by atoms with Crippen LogP contribution in [0, 0.1) is 0 Å².